The van der Waals surface area contributed by atoms with Crippen LogP contribution in [-0.2, 0) is 4.79 Å². The SMILES string of the molecule is C/C(=C\C(N)=O)NO. The first kappa shape index (κ1) is 6.97. The van der Waals surface area contributed by atoms with Crippen LogP contribution in [0.1, 0.15) is 6.92 Å². The second-order valence-corrected chi connectivity index (χ2v) is 1.34. The number of nitrogens with two attached hydrogens (primary N) is 1. The molecule has 0 rings (SSSR count). The Morgan fingerprint density at radius 3 is 2.50 bits per heavy atom. The van der Waals surface area contributed by atoms with E-state index in [0.29, 0.717) is 5.70 Å². The number of primary amides is 1. The van der Waals surface area contributed by atoms with Crippen molar-refractivity contribution in [2.75, 3.05) is 0 Å². The second kappa shape index (κ2) is 3.04. The van der Waals surface area contributed by atoms with Crippen molar-refractivity contribution < 1.29 is 10.0 Å². The van der Waals surface area contributed by atoms with Gasteiger partial charge in [0.1, 0.15) is 0 Å². The first-order valence-electron chi connectivity index (χ1n) is 2.04. The van der Waals surface area contributed by atoms with Crippen molar-refractivity contribution in [3.63, 3.8) is 0 Å². The molecule has 0 saturated heterocycles. The topological polar surface area (TPSA) is 75.4 Å². The molecular weight excluding hydrogens is 108 g/mol. The zero-order chi connectivity index (χ0) is 6.57. The summed E-state index contributed by atoms with van der Waals surface area (Å²) >= 11 is 0. The van der Waals surface area contributed by atoms with Crippen LogP contribution in [0.25, 0.3) is 0 Å². The summed E-state index contributed by atoms with van der Waals surface area (Å²) in [7, 11) is 0. The van der Waals surface area contributed by atoms with E-state index in [2.05, 4.69) is 0 Å². The second-order valence-electron chi connectivity index (χ2n) is 1.34. The molecule has 0 aliphatic carbocycles. The summed E-state index contributed by atoms with van der Waals surface area (Å²) in [6.07, 6.45) is 1.08. The lowest BCUT2D eigenvalue weighted by atomic mass is 10.4. The molecule has 0 aromatic rings. The van der Waals surface area contributed by atoms with E-state index < -0.39 is 5.91 Å². The number of carbonyl (C=O) groups is 1. The van der Waals surface area contributed by atoms with E-state index in [1.807, 2.05) is 0 Å². The lowest BCUT2D eigenvalue weighted by Gasteiger charge is -1.91. The van der Waals surface area contributed by atoms with Crippen molar-refractivity contribution in [2.24, 2.45) is 5.73 Å². The largest absolute Gasteiger partial charge is 0.366 e. The number of nitrogens with one attached hydrogen (secondary N) is 1. The van der Waals surface area contributed by atoms with Crippen LogP contribution in [0.15, 0.2) is 11.8 Å². The lowest BCUT2D eigenvalue weighted by Crippen LogP contribution is -2.11. The van der Waals surface area contributed by atoms with Crippen LogP contribution < -0.4 is 11.2 Å². The Balaban J connectivity index is 3.75. The smallest absolute Gasteiger partial charge is 0.243 e. The number of hydroxylamine groups is 1. The highest BCUT2D eigenvalue weighted by molar-refractivity contribution is 5.86. The molecule has 4 nitrogen and oxygen atoms in total. The van der Waals surface area contributed by atoms with Crippen LogP contribution in [0.2, 0.25) is 0 Å². The van der Waals surface area contributed by atoms with E-state index in [1.54, 1.807) is 5.48 Å². The van der Waals surface area contributed by atoms with Gasteiger partial charge >= 0.3 is 0 Å². The van der Waals surface area contributed by atoms with E-state index in [-0.39, 0.29) is 0 Å². The van der Waals surface area contributed by atoms with Crippen LogP contribution in [0.5, 0.6) is 0 Å². The number of amides is 1. The number of allylic oxidation sites excluding steroid dienone is 1. The molecule has 0 aromatic carbocycles. The maximum absolute atomic E-state index is 9.96. The van der Waals surface area contributed by atoms with Gasteiger partial charge in [-0.15, -0.1) is 0 Å². The molecule has 4 N–H and O–H groups in total. The van der Waals surface area contributed by atoms with Gasteiger partial charge in [-0.3, -0.25) is 15.5 Å². The standard InChI is InChI=1S/C4H8N2O2/c1-3(6-8)2-4(5)7/h2,6,8H,1H3,(H2,5,7)/b3-2+. The number of hydrogen-bond acceptors (Lipinski definition) is 3. The molecule has 0 bridgehead atoms. The molecule has 0 aliphatic rings. The molecule has 0 heterocycles. The Hall–Kier alpha value is -1.03. The van der Waals surface area contributed by atoms with Gasteiger partial charge in [-0.2, -0.15) is 0 Å². The first-order chi connectivity index (χ1) is 3.66. The minimum atomic E-state index is -0.580. The van der Waals surface area contributed by atoms with E-state index in [1.165, 1.54) is 6.92 Å². The normalized spacial score (nSPS) is 11.0. The molecule has 0 atom stereocenters. The number of carbonyl (C=O) groups excluding carboxylic acids is 1. The third-order valence-corrected chi connectivity index (χ3v) is 0.535. The first-order valence-corrected chi connectivity index (χ1v) is 2.04. The van der Waals surface area contributed by atoms with Crippen LogP contribution in [0, 0.1) is 0 Å². The summed E-state index contributed by atoms with van der Waals surface area (Å²) in [6, 6.07) is 0. The average Bonchev–Trinajstić information content (AvgIpc) is 1.65. The molecule has 8 heavy (non-hydrogen) atoms. The molecule has 4 heteroatoms. The lowest BCUT2D eigenvalue weighted by molar-refractivity contribution is -0.113. The maximum atomic E-state index is 9.96. The van der Waals surface area contributed by atoms with Crippen molar-refractivity contribution in [2.45, 2.75) is 6.92 Å². The van der Waals surface area contributed by atoms with Gasteiger partial charge in [-0.25, -0.2) is 0 Å². The van der Waals surface area contributed by atoms with Crippen molar-refractivity contribution in [1.82, 2.24) is 5.48 Å². The van der Waals surface area contributed by atoms with Gasteiger partial charge < -0.3 is 5.73 Å². The molecule has 0 spiro atoms. The molecule has 0 aromatic heterocycles. The zero-order valence-electron chi connectivity index (χ0n) is 4.51. The van der Waals surface area contributed by atoms with Crippen molar-refractivity contribution in [3.05, 3.63) is 11.8 Å². The summed E-state index contributed by atoms with van der Waals surface area (Å²) in [4.78, 5) is 9.96. The van der Waals surface area contributed by atoms with Gasteiger partial charge in [-0.05, 0) is 6.92 Å². The molecule has 46 valence electrons. The Morgan fingerprint density at radius 2 is 2.38 bits per heavy atom. The Labute approximate surface area is 46.9 Å². The fourth-order valence-corrected chi connectivity index (χ4v) is 0.246. The highest BCUT2D eigenvalue weighted by Crippen LogP contribution is 1.79. The predicted octanol–water partition coefficient (Wildman–Crippen LogP) is -0.646. The van der Waals surface area contributed by atoms with Crippen molar-refractivity contribution in [3.8, 4) is 0 Å². The Bertz CT molecular complexity index is 119. The molecule has 0 fully saturated rings. The van der Waals surface area contributed by atoms with Crippen LogP contribution >= 0.6 is 0 Å². The fourth-order valence-electron chi connectivity index (χ4n) is 0.246. The van der Waals surface area contributed by atoms with Crippen LogP contribution in [-0.4, -0.2) is 11.1 Å². The van der Waals surface area contributed by atoms with Crippen LogP contribution in [0.3, 0.4) is 0 Å². The van der Waals surface area contributed by atoms with E-state index in [4.69, 9.17) is 10.9 Å². The van der Waals surface area contributed by atoms with Gasteiger partial charge in [0.15, 0.2) is 0 Å². The minimum Gasteiger partial charge on any atom is -0.366 e. The third kappa shape index (κ3) is 3.17. The molecular formula is C4H8N2O2. The minimum absolute atomic E-state index is 0.331. The fraction of sp³-hybridized carbons (Fsp3) is 0.250. The highest BCUT2D eigenvalue weighted by Gasteiger charge is 1.85. The maximum Gasteiger partial charge on any atom is 0.243 e. The molecule has 1 amide bonds. The summed E-state index contributed by atoms with van der Waals surface area (Å²) < 4.78 is 0. The highest BCUT2D eigenvalue weighted by atomic mass is 16.5. The summed E-state index contributed by atoms with van der Waals surface area (Å²) in [5.41, 5.74) is 6.79. The molecule has 0 aliphatic heterocycles. The summed E-state index contributed by atoms with van der Waals surface area (Å²) in [5.74, 6) is -0.580. The molecule has 0 saturated carbocycles. The summed E-state index contributed by atoms with van der Waals surface area (Å²) in [6.45, 7) is 1.52. The Kier molecular flexibility index (Phi) is 2.64. The summed E-state index contributed by atoms with van der Waals surface area (Å²) in [5, 5.41) is 8.06. The quantitative estimate of drug-likeness (QED) is 0.331. The van der Waals surface area contributed by atoms with Crippen molar-refractivity contribution >= 4 is 5.91 Å². The number of rotatable bonds is 2. The van der Waals surface area contributed by atoms with Crippen LogP contribution in [0.4, 0.5) is 0 Å². The van der Waals surface area contributed by atoms with Gasteiger partial charge in [0, 0.05) is 11.8 Å². The van der Waals surface area contributed by atoms with Gasteiger partial charge in [0.25, 0.3) is 0 Å². The average molecular weight is 116 g/mol. The molecule has 0 unspecified atom stereocenters. The molecule has 0 radical (unpaired) electrons. The van der Waals surface area contributed by atoms with E-state index in [9.17, 15) is 4.79 Å². The van der Waals surface area contributed by atoms with Gasteiger partial charge in [0.05, 0.1) is 0 Å². The third-order valence-electron chi connectivity index (χ3n) is 0.535. The van der Waals surface area contributed by atoms with Gasteiger partial charge in [-0.1, -0.05) is 0 Å². The monoisotopic (exact) mass is 116 g/mol. The zero-order valence-corrected chi connectivity index (χ0v) is 4.51. The predicted molar refractivity (Wildman–Crippen MR) is 27.9 cm³/mol. The van der Waals surface area contributed by atoms with Crippen molar-refractivity contribution in [1.29, 1.82) is 0 Å². The van der Waals surface area contributed by atoms with E-state index in [0.717, 1.165) is 6.08 Å². The van der Waals surface area contributed by atoms with E-state index >= 15 is 0 Å². The number of hydrogen-bond donors (Lipinski definition) is 3. The van der Waals surface area contributed by atoms with Gasteiger partial charge in [0.2, 0.25) is 5.91 Å². The Morgan fingerprint density at radius 1 is 1.88 bits per heavy atom.